The second-order valence-electron chi connectivity index (χ2n) is 15.5. The number of carbonyl (C=O) groups excluding carboxylic acids is 2. The Kier molecular flexibility index (Phi) is 16.6. The third-order valence-electron chi connectivity index (χ3n) is 10.9. The number of nitro benzene ring substituents is 1. The van der Waals surface area contributed by atoms with Gasteiger partial charge in [0.1, 0.15) is 5.69 Å². The first kappa shape index (κ1) is 47.0. The number of carbonyl (C=O) groups is 2. The van der Waals surface area contributed by atoms with Crippen molar-refractivity contribution >= 4 is 62.3 Å². The Morgan fingerprint density at radius 1 is 0.905 bits per heavy atom. The largest absolute Gasteiger partial charge is 0.377 e. The maximum atomic E-state index is 13.4. The molecular formula is C46H52ClN7O7S2. The first-order chi connectivity index (χ1) is 30.3. The molecule has 4 N–H and O–H groups in total. The summed E-state index contributed by atoms with van der Waals surface area (Å²) in [4.78, 5) is 43.7. The summed E-state index contributed by atoms with van der Waals surface area (Å²) >= 11 is 7.76. The maximum absolute atomic E-state index is 13.4. The number of rotatable bonds is 20. The Hall–Kier alpha value is -5.49. The molecule has 0 bridgehead atoms. The topological polar surface area (TPSA) is 177 Å². The Labute approximate surface area is 377 Å². The monoisotopic (exact) mass is 913 g/mol. The van der Waals surface area contributed by atoms with E-state index in [1.165, 1.54) is 23.3 Å². The quantitative estimate of drug-likeness (QED) is 0.0147. The summed E-state index contributed by atoms with van der Waals surface area (Å²) in [6.07, 6.45) is 2.05. The number of benzene rings is 5. The normalized spacial score (nSPS) is 14.2. The first-order valence-electron chi connectivity index (χ1n) is 20.7. The van der Waals surface area contributed by atoms with E-state index in [2.05, 4.69) is 42.9 Å². The molecule has 5 aromatic carbocycles. The molecule has 0 saturated carbocycles. The minimum absolute atomic E-state index is 0.0599. The number of unbranched alkanes of at least 4 members (excludes halogenated alkanes) is 1. The second kappa shape index (κ2) is 22.2. The molecule has 1 fully saturated rings. The van der Waals surface area contributed by atoms with Crippen molar-refractivity contribution in [3.8, 4) is 11.1 Å². The van der Waals surface area contributed by atoms with Crippen LogP contribution in [0.25, 0.3) is 11.1 Å². The zero-order chi connectivity index (χ0) is 44.9. The van der Waals surface area contributed by atoms with E-state index < -0.39 is 37.3 Å². The van der Waals surface area contributed by atoms with Crippen LogP contribution in [0.5, 0.6) is 0 Å². The lowest BCUT2D eigenvalue weighted by Crippen LogP contribution is -2.46. The van der Waals surface area contributed by atoms with Gasteiger partial charge >= 0.3 is 0 Å². The molecule has 1 aliphatic rings. The number of hydrogen-bond acceptors (Lipinski definition) is 12. The van der Waals surface area contributed by atoms with Crippen LogP contribution < -0.4 is 20.4 Å². The van der Waals surface area contributed by atoms with Crippen LogP contribution in [0.4, 0.5) is 17.1 Å². The van der Waals surface area contributed by atoms with E-state index in [4.69, 9.17) is 16.8 Å². The van der Waals surface area contributed by atoms with E-state index in [1.807, 2.05) is 74.6 Å². The van der Waals surface area contributed by atoms with Gasteiger partial charge in [0.05, 0.1) is 15.2 Å². The molecule has 14 nitrogen and oxygen atoms in total. The number of amides is 2. The molecule has 2 atom stereocenters. The van der Waals surface area contributed by atoms with Crippen LogP contribution in [-0.2, 0) is 21.4 Å². The fourth-order valence-corrected chi connectivity index (χ4v) is 9.86. The standard InChI is InChI=1S/C46H52ClN7O7S2/c1-33(30-45(62-39-11-4-3-5-12-39)51(2)25-9-8-14-44(55)49-57)48-42-24-23-40(31-43(42)54(58)59)63(60,61)50-46(56)35-17-21-38(22-18-35)53-28-26-52(27-29-53)32-36-10-6-7-13-41(36)34-15-19-37(47)20-16-34/h3-7,10-13,15-24,31,33,45,48,57H,8-9,14,25-30,32H2,1-2H3,(H,49,55)(H,50,56). The molecule has 332 valence electrons. The van der Waals surface area contributed by atoms with Crippen molar-refractivity contribution < 1.29 is 28.1 Å². The molecule has 5 aromatic rings. The van der Waals surface area contributed by atoms with E-state index in [-0.39, 0.29) is 29.1 Å². The molecule has 17 heteroatoms. The van der Waals surface area contributed by atoms with Crippen LogP contribution in [0.2, 0.25) is 5.02 Å². The number of hydrogen-bond donors (Lipinski definition) is 4. The third-order valence-corrected chi connectivity index (χ3v) is 13.8. The van der Waals surface area contributed by atoms with Crippen LogP contribution >= 0.6 is 23.4 Å². The van der Waals surface area contributed by atoms with Gasteiger partial charge in [0.15, 0.2) is 0 Å². The summed E-state index contributed by atoms with van der Waals surface area (Å²) in [5, 5.41) is 24.9. The maximum Gasteiger partial charge on any atom is 0.293 e. The van der Waals surface area contributed by atoms with Gasteiger partial charge < -0.3 is 10.2 Å². The fourth-order valence-electron chi connectivity index (χ4n) is 7.44. The lowest BCUT2D eigenvalue weighted by molar-refractivity contribution is -0.384. The van der Waals surface area contributed by atoms with Crippen LogP contribution in [-0.4, -0.2) is 91.3 Å². The molecule has 6 rings (SSSR count). The van der Waals surface area contributed by atoms with Crippen molar-refractivity contribution in [3.63, 3.8) is 0 Å². The van der Waals surface area contributed by atoms with Gasteiger partial charge in [-0.05, 0) is 117 Å². The highest BCUT2D eigenvalue weighted by atomic mass is 35.5. The molecule has 2 amide bonds. The summed E-state index contributed by atoms with van der Waals surface area (Å²) in [6, 6.07) is 36.0. The van der Waals surface area contributed by atoms with Crippen molar-refractivity contribution in [2.24, 2.45) is 0 Å². The van der Waals surface area contributed by atoms with E-state index in [1.54, 1.807) is 41.5 Å². The van der Waals surface area contributed by atoms with Crippen molar-refractivity contribution in [2.75, 3.05) is 50.0 Å². The summed E-state index contributed by atoms with van der Waals surface area (Å²) in [5.41, 5.74) is 5.90. The Bertz CT molecular complexity index is 2440. The molecule has 1 aliphatic heterocycles. The highest BCUT2D eigenvalue weighted by molar-refractivity contribution is 7.99. The van der Waals surface area contributed by atoms with Crippen molar-refractivity contribution in [1.29, 1.82) is 0 Å². The number of sulfonamides is 1. The molecule has 0 radical (unpaired) electrons. The molecule has 0 spiro atoms. The molecule has 63 heavy (non-hydrogen) atoms. The predicted octanol–water partition coefficient (Wildman–Crippen LogP) is 8.27. The van der Waals surface area contributed by atoms with E-state index in [0.29, 0.717) is 30.8 Å². The van der Waals surface area contributed by atoms with Crippen LogP contribution in [0.3, 0.4) is 0 Å². The van der Waals surface area contributed by atoms with Crippen molar-refractivity contribution in [3.05, 3.63) is 148 Å². The molecule has 0 aliphatic carbocycles. The van der Waals surface area contributed by atoms with Gasteiger partial charge in [-0.2, -0.15) is 0 Å². The Morgan fingerprint density at radius 3 is 2.27 bits per heavy atom. The summed E-state index contributed by atoms with van der Waals surface area (Å²) < 4.78 is 28.9. The first-order valence-corrected chi connectivity index (χ1v) is 23.4. The van der Waals surface area contributed by atoms with Gasteiger partial charge in [0.2, 0.25) is 5.91 Å². The van der Waals surface area contributed by atoms with Crippen LogP contribution in [0.1, 0.15) is 48.5 Å². The van der Waals surface area contributed by atoms with Gasteiger partial charge in [-0.1, -0.05) is 66.2 Å². The number of nitrogens with zero attached hydrogens (tertiary/aromatic N) is 4. The molecule has 2 unspecified atom stereocenters. The highest BCUT2D eigenvalue weighted by Gasteiger charge is 2.27. The summed E-state index contributed by atoms with van der Waals surface area (Å²) in [6.45, 7) is 6.55. The smallest absolute Gasteiger partial charge is 0.293 e. The van der Waals surface area contributed by atoms with E-state index in [9.17, 15) is 28.1 Å². The summed E-state index contributed by atoms with van der Waals surface area (Å²) in [5.74, 6) is -1.29. The lowest BCUT2D eigenvalue weighted by Gasteiger charge is -2.36. The molecule has 0 aromatic heterocycles. The Balaban J connectivity index is 1.04. The average Bonchev–Trinajstić information content (AvgIpc) is 3.28. The molecule has 1 saturated heterocycles. The van der Waals surface area contributed by atoms with Gasteiger partial charge in [0.25, 0.3) is 21.6 Å². The van der Waals surface area contributed by atoms with Gasteiger partial charge in [-0.3, -0.25) is 34.7 Å². The average molecular weight is 915 g/mol. The second-order valence-corrected chi connectivity index (χ2v) is 18.9. The molecular weight excluding hydrogens is 862 g/mol. The zero-order valence-corrected chi connectivity index (χ0v) is 37.5. The minimum atomic E-state index is -4.48. The van der Waals surface area contributed by atoms with Crippen LogP contribution in [0, 0.1) is 10.1 Å². The number of hydroxylamine groups is 1. The number of thioether (sulfide) groups is 1. The van der Waals surface area contributed by atoms with Gasteiger partial charge in [-0.25, -0.2) is 18.6 Å². The van der Waals surface area contributed by atoms with Gasteiger partial charge in [-0.15, -0.1) is 11.8 Å². The number of anilines is 2. The van der Waals surface area contributed by atoms with Crippen molar-refractivity contribution in [2.45, 2.75) is 60.4 Å². The fraction of sp³-hybridized carbons (Fsp3) is 0.304. The number of piperazine rings is 1. The third kappa shape index (κ3) is 13.3. The lowest BCUT2D eigenvalue weighted by atomic mass is 9.99. The predicted molar refractivity (Wildman–Crippen MR) is 249 cm³/mol. The molecule has 1 heterocycles. The Morgan fingerprint density at radius 2 is 1.59 bits per heavy atom. The van der Waals surface area contributed by atoms with E-state index >= 15 is 0 Å². The zero-order valence-electron chi connectivity index (χ0n) is 35.2. The van der Waals surface area contributed by atoms with Gasteiger partial charge in [0, 0.05) is 72.4 Å². The van der Waals surface area contributed by atoms with Crippen molar-refractivity contribution in [1.82, 2.24) is 20.0 Å². The SMILES string of the molecule is CC(CC(Sc1ccccc1)N(C)CCCCC(=O)NO)Nc1ccc(S(=O)(=O)NC(=O)c2ccc(N3CCN(Cc4ccccc4-c4ccc(Cl)cc4)CC3)cc2)cc1[N+](=O)[O-]. The van der Waals surface area contributed by atoms with Crippen LogP contribution in [0.15, 0.2) is 131 Å². The highest BCUT2D eigenvalue weighted by Crippen LogP contribution is 2.33. The number of nitro groups is 1. The number of halogens is 1. The minimum Gasteiger partial charge on any atom is -0.377 e. The van der Waals surface area contributed by atoms with E-state index in [0.717, 1.165) is 54.9 Å². The number of nitrogens with one attached hydrogen (secondary N) is 3. The summed E-state index contributed by atoms with van der Waals surface area (Å²) in [7, 11) is -2.51.